The molecule has 0 saturated carbocycles. The van der Waals surface area contributed by atoms with Gasteiger partial charge >= 0.3 is 0 Å². The molecule has 0 unspecified atom stereocenters. The standard InChI is InChI=1S/C12H16FN3O2/c1-9-10(16(17)18)3-4-11(12(9)13)15-7-5-14(2)6-8-15/h3-4H,5-8H2,1-2H3. The van der Waals surface area contributed by atoms with Crippen molar-refractivity contribution < 1.29 is 9.31 Å². The first-order valence-corrected chi connectivity index (χ1v) is 5.87. The van der Waals surface area contributed by atoms with Gasteiger partial charge in [0.05, 0.1) is 16.2 Å². The summed E-state index contributed by atoms with van der Waals surface area (Å²) < 4.78 is 14.1. The van der Waals surface area contributed by atoms with Crippen LogP contribution in [0.5, 0.6) is 0 Å². The lowest BCUT2D eigenvalue weighted by molar-refractivity contribution is -0.385. The molecule has 0 amide bonds. The number of nitrogens with zero attached hydrogens (tertiary/aromatic N) is 3. The van der Waals surface area contributed by atoms with E-state index in [2.05, 4.69) is 4.90 Å². The van der Waals surface area contributed by atoms with E-state index in [1.54, 1.807) is 0 Å². The van der Waals surface area contributed by atoms with Crippen molar-refractivity contribution in [3.05, 3.63) is 33.6 Å². The van der Waals surface area contributed by atoms with Gasteiger partial charge in [0.2, 0.25) is 0 Å². The van der Waals surface area contributed by atoms with Gasteiger partial charge in [-0.3, -0.25) is 10.1 Å². The molecule has 0 aromatic heterocycles. The first kappa shape index (κ1) is 12.8. The second kappa shape index (κ2) is 4.89. The summed E-state index contributed by atoms with van der Waals surface area (Å²) in [6.07, 6.45) is 0. The van der Waals surface area contributed by atoms with Crippen molar-refractivity contribution in [2.45, 2.75) is 6.92 Å². The summed E-state index contributed by atoms with van der Waals surface area (Å²) in [5.41, 5.74) is 0.410. The molecule has 0 aliphatic carbocycles. The molecule has 18 heavy (non-hydrogen) atoms. The van der Waals surface area contributed by atoms with Gasteiger partial charge in [0.15, 0.2) is 5.82 Å². The lowest BCUT2D eigenvalue weighted by Gasteiger charge is -2.34. The Hall–Kier alpha value is -1.69. The first-order chi connectivity index (χ1) is 8.50. The lowest BCUT2D eigenvalue weighted by atomic mass is 10.1. The number of nitro groups is 1. The van der Waals surface area contributed by atoms with Crippen LogP contribution < -0.4 is 4.90 Å². The minimum Gasteiger partial charge on any atom is -0.367 e. The van der Waals surface area contributed by atoms with E-state index in [9.17, 15) is 14.5 Å². The zero-order valence-electron chi connectivity index (χ0n) is 10.5. The second-order valence-electron chi connectivity index (χ2n) is 4.59. The highest BCUT2D eigenvalue weighted by Gasteiger charge is 2.22. The van der Waals surface area contributed by atoms with Crippen molar-refractivity contribution in [1.82, 2.24) is 4.90 Å². The summed E-state index contributed by atoms with van der Waals surface area (Å²) in [6.45, 7) is 4.67. The number of hydrogen-bond acceptors (Lipinski definition) is 4. The summed E-state index contributed by atoms with van der Waals surface area (Å²) in [7, 11) is 2.02. The van der Waals surface area contributed by atoms with Crippen LogP contribution in [0.1, 0.15) is 5.56 Å². The molecular formula is C12H16FN3O2. The average Bonchev–Trinajstić information content (AvgIpc) is 2.33. The Kier molecular flexibility index (Phi) is 3.47. The predicted octanol–water partition coefficient (Wildman–Crippen LogP) is 1.79. The molecule has 1 aliphatic rings. The predicted molar refractivity (Wildman–Crippen MR) is 67.5 cm³/mol. The number of anilines is 1. The van der Waals surface area contributed by atoms with Crippen molar-refractivity contribution >= 4 is 11.4 Å². The van der Waals surface area contributed by atoms with Crippen molar-refractivity contribution in [3.63, 3.8) is 0 Å². The maximum Gasteiger partial charge on any atom is 0.275 e. The SMILES string of the molecule is Cc1c([N+](=O)[O-])ccc(N2CCN(C)CC2)c1F. The minimum atomic E-state index is -0.549. The van der Waals surface area contributed by atoms with Gasteiger partial charge < -0.3 is 9.80 Å². The molecule has 1 aromatic rings. The molecule has 98 valence electrons. The van der Waals surface area contributed by atoms with Crippen molar-refractivity contribution in [3.8, 4) is 0 Å². The Morgan fingerprint density at radius 1 is 1.28 bits per heavy atom. The third-order valence-corrected chi connectivity index (χ3v) is 3.38. The third kappa shape index (κ3) is 2.28. The van der Waals surface area contributed by atoms with E-state index in [1.807, 2.05) is 11.9 Å². The van der Waals surface area contributed by atoms with Crippen LogP contribution in [0.3, 0.4) is 0 Å². The van der Waals surface area contributed by atoms with E-state index in [4.69, 9.17) is 0 Å². The van der Waals surface area contributed by atoms with E-state index in [0.717, 1.165) is 26.2 Å². The van der Waals surface area contributed by atoms with Gasteiger partial charge in [-0.25, -0.2) is 4.39 Å². The number of likely N-dealkylation sites (N-methyl/N-ethyl adjacent to an activating group) is 1. The normalized spacial score (nSPS) is 16.9. The number of nitro benzene ring substituents is 1. The van der Waals surface area contributed by atoms with E-state index >= 15 is 0 Å². The molecule has 0 atom stereocenters. The molecule has 1 fully saturated rings. The van der Waals surface area contributed by atoms with Gasteiger partial charge in [-0.05, 0) is 20.0 Å². The fraction of sp³-hybridized carbons (Fsp3) is 0.500. The van der Waals surface area contributed by atoms with Crippen LogP contribution in [0.2, 0.25) is 0 Å². The number of rotatable bonds is 2. The minimum absolute atomic E-state index is 0.108. The second-order valence-corrected chi connectivity index (χ2v) is 4.59. The number of hydrogen-bond donors (Lipinski definition) is 0. The van der Waals surface area contributed by atoms with E-state index < -0.39 is 10.7 Å². The van der Waals surface area contributed by atoms with Gasteiger partial charge in [0, 0.05) is 32.2 Å². The van der Waals surface area contributed by atoms with Gasteiger partial charge in [-0.15, -0.1) is 0 Å². The largest absolute Gasteiger partial charge is 0.367 e. The van der Waals surface area contributed by atoms with Crippen LogP contribution in [0.25, 0.3) is 0 Å². The molecule has 0 radical (unpaired) electrons. The Morgan fingerprint density at radius 3 is 2.44 bits per heavy atom. The highest BCUT2D eigenvalue weighted by molar-refractivity contribution is 5.57. The summed E-state index contributed by atoms with van der Waals surface area (Å²) in [5, 5.41) is 10.7. The molecule has 2 rings (SSSR count). The van der Waals surface area contributed by atoms with Crippen molar-refractivity contribution in [2.75, 3.05) is 38.1 Å². The third-order valence-electron chi connectivity index (χ3n) is 3.38. The topological polar surface area (TPSA) is 49.6 Å². The molecule has 0 spiro atoms. The van der Waals surface area contributed by atoms with Gasteiger partial charge in [0.25, 0.3) is 5.69 Å². The highest BCUT2D eigenvalue weighted by atomic mass is 19.1. The fourth-order valence-electron chi connectivity index (χ4n) is 2.15. The molecule has 6 heteroatoms. The summed E-state index contributed by atoms with van der Waals surface area (Å²) in [6, 6.07) is 2.89. The summed E-state index contributed by atoms with van der Waals surface area (Å²) in [4.78, 5) is 14.3. The Bertz CT molecular complexity index is 471. The summed E-state index contributed by atoms with van der Waals surface area (Å²) in [5.74, 6) is -0.478. The zero-order valence-corrected chi connectivity index (χ0v) is 10.5. The average molecular weight is 253 g/mol. The number of piperazine rings is 1. The van der Waals surface area contributed by atoms with Gasteiger partial charge in [0.1, 0.15) is 0 Å². The molecular weight excluding hydrogens is 237 g/mol. The maximum absolute atomic E-state index is 14.1. The first-order valence-electron chi connectivity index (χ1n) is 5.87. The molecule has 1 heterocycles. The molecule has 0 bridgehead atoms. The molecule has 1 aromatic carbocycles. The molecule has 0 N–H and O–H groups in total. The Morgan fingerprint density at radius 2 is 1.89 bits per heavy atom. The fourth-order valence-corrected chi connectivity index (χ4v) is 2.15. The van der Waals surface area contributed by atoms with Crippen LogP contribution in [0.15, 0.2) is 12.1 Å². The van der Waals surface area contributed by atoms with Crippen LogP contribution in [0.4, 0.5) is 15.8 Å². The Labute approximate surface area is 105 Å². The number of benzene rings is 1. The van der Waals surface area contributed by atoms with Crippen LogP contribution in [0, 0.1) is 22.9 Å². The molecule has 1 saturated heterocycles. The zero-order chi connectivity index (χ0) is 13.3. The molecule has 1 aliphatic heterocycles. The monoisotopic (exact) mass is 253 g/mol. The highest BCUT2D eigenvalue weighted by Crippen LogP contribution is 2.29. The quantitative estimate of drug-likeness (QED) is 0.595. The van der Waals surface area contributed by atoms with Crippen molar-refractivity contribution in [2.24, 2.45) is 0 Å². The van der Waals surface area contributed by atoms with Crippen LogP contribution >= 0.6 is 0 Å². The van der Waals surface area contributed by atoms with E-state index in [-0.39, 0.29) is 11.3 Å². The number of halogens is 1. The van der Waals surface area contributed by atoms with E-state index in [1.165, 1.54) is 19.1 Å². The smallest absolute Gasteiger partial charge is 0.275 e. The van der Waals surface area contributed by atoms with Crippen LogP contribution in [-0.4, -0.2) is 43.0 Å². The van der Waals surface area contributed by atoms with Crippen molar-refractivity contribution in [1.29, 1.82) is 0 Å². The van der Waals surface area contributed by atoms with Crippen LogP contribution in [-0.2, 0) is 0 Å². The van der Waals surface area contributed by atoms with Gasteiger partial charge in [-0.1, -0.05) is 0 Å². The Balaban J connectivity index is 2.30. The van der Waals surface area contributed by atoms with Gasteiger partial charge in [-0.2, -0.15) is 0 Å². The maximum atomic E-state index is 14.1. The molecule has 5 nitrogen and oxygen atoms in total. The van der Waals surface area contributed by atoms with E-state index in [0.29, 0.717) is 5.69 Å². The lowest BCUT2D eigenvalue weighted by Crippen LogP contribution is -2.44. The summed E-state index contributed by atoms with van der Waals surface area (Å²) >= 11 is 0.